The Kier molecular flexibility index (Phi) is 2.15. The average Bonchev–Trinajstić information content (AvgIpc) is 2.65. The van der Waals surface area contributed by atoms with Gasteiger partial charge in [0.1, 0.15) is 0 Å². The average molecular weight is 250 g/mol. The largest absolute Gasteiger partial charge is 0.339 e. The SMILES string of the molecule is O=CN1CCn2c3ccccc3c3cccc(c32)C1. The number of hydrogen-bond donors (Lipinski definition) is 0. The molecule has 2 heterocycles. The van der Waals surface area contributed by atoms with Crippen molar-refractivity contribution in [2.75, 3.05) is 6.54 Å². The van der Waals surface area contributed by atoms with Crippen LogP contribution in [0.25, 0.3) is 21.8 Å². The van der Waals surface area contributed by atoms with Crippen molar-refractivity contribution in [2.24, 2.45) is 0 Å². The smallest absolute Gasteiger partial charge is 0.210 e. The van der Waals surface area contributed by atoms with E-state index in [-0.39, 0.29) is 0 Å². The molecule has 19 heavy (non-hydrogen) atoms. The summed E-state index contributed by atoms with van der Waals surface area (Å²) in [4.78, 5) is 12.9. The number of benzene rings is 2. The van der Waals surface area contributed by atoms with Gasteiger partial charge in [-0.25, -0.2) is 0 Å². The zero-order chi connectivity index (χ0) is 12.8. The summed E-state index contributed by atoms with van der Waals surface area (Å²) >= 11 is 0. The molecular weight excluding hydrogens is 236 g/mol. The second kappa shape index (κ2) is 3.85. The highest BCUT2D eigenvalue weighted by Gasteiger charge is 2.18. The summed E-state index contributed by atoms with van der Waals surface area (Å²) in [6, 6.07) is 14.9. The lowest BCUT2D eigenvalue weighted by molar-refractivity contribution is -0.118. The second-order valence-corrected chi connectivity index (χ2v) is 5.06. The summed E-state index contributed by atoms with van der Waals surface area (Å²) in [5.74, 6) is 0. The first kappa shape index (κ1) is 10.6. The van der Waals surface area contributed by atoms with E-state index in [1.807, 2.05) is 4.90 Å². The van der Waals surface area contributed by atoms with E-state index in [0.29, 0.717) is 6.54 Å². The van der Waals surface area contributed by atoms with E-state index in [0.717, 1.165) is 19.5 Å². The van der Waals surface area contributed by atoms with Crippen LogP contribution < -0.4 is 0 Å². The molecule has 3 nitrogen and oxygen atoms in total. The van der Waals surface area contributed by atoms with Gasteiger partial charge in [-0.1, -0.05) is 36.4 Å². The molecule has 1 amide bonds. The third kappa shape index (κ3) is 1.41. The molecule has 1 aliphatic rings. The van der Waals surface area contributed by atoms with E-state index in [1.54, 1.807) is 0 Å². The number of amides is 1. The monoisotopic (exact) mass is 250 g/mol. The lowest BCUT2D eigenvalue weighted by atomic mass is 10.1. The third-order valence-electron chi connectivity index (χ3n) is 4.01. The summed E-state index contributed by atoms with van der Waals surface area (Å²) in [7, 11) is 0. The third-order valence-corrected chi connectivity index (χ3v) is 4.01. The fraction of sp³-hybridized carbons (Fsp3) is 0.188. The summed E-state index contributed by atoms with van der Waals surface area (Å²) < 4.78 is 2.35. The van der Waals surface area contributed by atoms with Gasteiger partial charge in [0.15, 0.2) is 0 Å². The maximum atomic E-state index is 11.1. The highest BCUT2D eigenvalue weighted by molar-refractivity contribution is 6.09. The van der Waals surface area contributed by atoms with E-state index < -0.39 is 0 Å². The Balaban J connectivity index is 2.14. The molecule has 4 rings (SSSR count). The molecule has 0 fully saturated rings. The van der Waals surface area contributed by atoms with Gasteiger partial charge in [0.05, 0.1) is 5.52 Å². The van der Waals surface area contributed by atoms with E-state index >= 15 is 0 Å². The van der Waals surface area contributed by atoms with Crippen molar-refractivity contribution < 1.29 is 4.79 Å². The van der Waals surface area contributed by atoms with E-state index in [9.17, 15) is 4.79 Å². The van der Waals surface area contributed by atoms with Crippen LogP contribution in [0.1, 0.15) is 5.56 Å². The van der Waals surface area contributed by atoms with Gasteiger partial charge in [0, 0.05) is 35.9 Å². The van der Waals surface area contributed by atoms with Crippen LogP contribution >= 0.6 is 0 Å². The lowest BCUT2D eigenvalue weighted by Gasteiger charge is -2.14. The van der Waals surface area contributed by atoms with Crippen molar-refractivity contribution in [3.8, 4) is 0 Å². The lowest BCUT2D eigenvalue weighted by Crippen LogP contribution is -2.23. The molecule has 3 aromatic rings. The van der Waals surface area contributed by atoms with Gasteiger partial charge in [-0.15, -0.1) is 0 Å². The van der Waals surface area contributed by atoms with Gasteiger partial charge in [-0.2, -0.15) is 0 Å². The topological polar surface area (TPSA) is 25.2 Å². The Morgan fingerprint density at radius 2 is 1.79 bits per heavy atom. The van der Waals surface area contributed by atoms with Crippen LogP contribution in [0.3, 0.4) is 0 Å². The zero-order valence-electron chi connectivity index (χ0n) is 10.5. The van der Waals surface area contributed by atoms with Crippen LogP contribution in [0.15, 0.2) is 42.5 Å². The molecule has 0 unspecified atom stereocenters. The molecule has 0 bridgehead atoms. The molecule has 0 radical (unpaired) electrons. The molecule has 1 aromatic heterocycles. The molecule has 0 saturated carbocycles. The van der Waals surface area contributed by atoms with Gasteiger partial charge < -0.3 is 9.47 Å². The summed E-state index contributed by atoms with van der Waals surface area (Å²) in [5, 5.41) is 2.60. The number of nitrogens with zero attached hydrogens (tertiary/aromatic N) is 2. The molecule has 0 spiro atoms. The number of aromatic nitrogens is 1. The molecule has 3 heteroatoms. The van der Waals surface area contributed by atoms with E-state index in [4.69, 9.17) is 0 Å². The molecule has 0 saturated heterocycles. The van der Waals surface area contributed by atoms with Crippen LogP contribution in [0.4, 0.5) is 0 Å². The summed E-state index contributed by atoms with van der Waals surface area (Å²) in [5.41, 5.74) is 3.78. The van der Waals surface area contributed by atoms with E-state index in [1.165, 1.54) is 27.4 Å². The normalized spacial score (nSPS) is 14.8. The fourth-order valence-electron chi connectivity index (χ4n) is 3.16. The first-order valence-electron chi connectivity index (χ1n) is 6.56. The van der Waals surface area contributed by atoms with Crippen molar-refractivity contribution in [3.63, 3.8) is 0 Å². The molecular formula is C16H14N2O. The van der Waals surface area contributed by atoms with Crippen molar-refractivity contribution in [1.82, 2.24) is 9.47 Å². The first-order valence-corrected chi connectivity index (χ1v) is 6.56. The number of carbonyl (C=O) groups is 1. The zero-order valence-corrected chi connectivity index (χ0v) is 10.5. The molecule has 0 atom stereocenters. The van der Waals surface area contributed by atoms with Crippen LogP contribution in [-0.4, -0.2) is 22.4 Å². The number of fused-ring (bicyclic) bond motifs is 3. The van der Waals surface area contributed by atoms with Gasteiger partial charge in [0.25, 0.3) is 0 Å². The predicted molar refractivity (Wildman–Crippen MR) is 75.9 cm³/mol. The Labute approximate surface area is 111 Å². The quantitative estimate of drug-likeness (QED) is 0.610. The molecule has 1 aliphatic heterocycles. The van der Waals surface area contributed by atoms with Crippen LogP contribution in [-0.2, 0) is 17.9 Å². The maximum Gasteiger partial charge on any atom is 0.210 e. The van der Waals surface area contributed by atoms with Gasteiger partial charge >= 0.3 is 0 Å². The Bertz CT molecular complexity index is 788. The fourth-order valence-corrected chi connectivity index (χ4v) is 3.16. The van der Waals surface area contributed by atoms with Crippen LogP contribution in [0, 0.1) is 0 Å². The number of hydrogen-bond acceptors (Lipinski definition) is 1. The predicted octanol–water partition coefficient (Wildman–Crippen LogP) is 2.77. The Morgan fingerprint density at radius 1 is 0.947 bits per heavy atom. The highest BCUT2D eigenvalue weighted by atomic mass is 16.1. The molecule has 0 aliphatic carbocycles. The Morgan fingerprint density at radius 3 is 2.68 bits per heavy atom. The van der Waals surface area contributed by atoms with Gasteiger partial charge in [-0.3, -0.25) is 4.79 Å². The minimum absolute atomic E-state index is 0.706. The Hall–Kier alpha value is -2.29. The number of carbonyl (C=O) groups excluding carboxylic acids is 1. The van der Waals surface area contributed by atoms with Crippen LogP contribution in [0.5, 0.6) is 0 Å². The number of rotatable bonds is 1. The van der Waals surface area contributed by atoms with Gasteiger partial charge in [0.2, 0.25) is 6.41 Å². The standard InChI is InChI=1S/C16H14N2O/c19-11-17-8-9-18-15-7-2-1-5-13(15)14-6-3-4-12(10-17)16(14)18/h1-7,11H,8-10H2. The summed E-state index contributed by atoms with van der Waals surface area (Å²) in [6.07, 6.45) is 0.952. The maximum absolute atomic E-state index is 11.1. The van der Waals surface area contributed by atoms with Crippen molar-refractivity contribution in [2.45, 2.75) is 13.1 Å². The van der Waals surface area contributed by atoms with Crippen LogP contribution in [0.2, 0.25) is 0 Å². The molecule has 2 aromatic carbocycles. The minimum atomic E-state index is 0.706. The first-order chi connectivity index (χ1) is 9.38. The van der Waals surface area contributed by atoms with Crippen molar-refractivity contribution in [3.05, 3.63) is 48.0 Å². The minimum Gasteiger partial charge on any atom is -0.339 e. The van der Waals surface area contributed by atoms with Gasteiger partial charge in [-0.05, 0) is 11.6 Å². The summed E-state index contributed by atoms with van der Waals surface area (Å²) in [6.45, 7) is 2.34. The van der Waals surface area contributed by atoms with Crippen molar-refractivity contribution >= 4 is 28.2 Å². The second-order valence-electron chi connectivity index (χ2n) is 5.06. The molecule has 0 N–H and O–H groups in total. The molecule has 94 valence electrons. The van der Waals surface area contributed by atoms with E-state index in [2.05, 4.69) is 47.0 Å². The number of para-hydroxylation sites is 2. The van der Waals surface area contributed by atoms with Crippen molar-refractivity contribution in [1.29, 1.82) is 0 Å². The highest BCUT2D eigenvalue weighted by Crippen LogP contribution is 2.32.